The Morgan fingerprint density at radius 2 is 2.53 bits per heavy atom. The van der Waals surface area contributed by atoms with Gasteiger partial charge < -0.3 is 10.7 Å². The molecule has 1 aromatic heterocycles. The molecule has 7 heteroatoms. The van der Waals surface area contributed by atoms with E-state index in [1.165, 1.54) is 4.90 Å². The molecule has 19 heavy (non-hydrogen) atoms. The number of H-pyrrole nitrogens is 1. The van der Waals surface area contributed by atoms with Crippen molar-refractivity contribution in [2.45, 2.75) is 12.7 Å². The number of aryl methyl sites for hydroxylation is 1. The Hall–Kier alpha value is -2.12. The number of guanidine groups is 1. The minimum Gasteiger partial charge on any atom is -0.369 e. The molecule has 6 nitrogen and oxygen atoms in total. The number of imidazole rings is 1. The monoisotopic (exact) mass is 276 g/mol. The molecule has 0 amide bonds. The number of hydrogen-bond donors (Lipinski definition) is 2. The number of nitrogens with one attached hydrogen (secondary N) is 1. The molecule has 0 radical (unpaired) electrons. The van der Waals surface area contributed by atoms with Crippen molar-refractivity contribution in [3.63, 3.8) is 0 Å². The lowest BCUT2D eigenvalue weighted by atomic mass is 10.4. The number of rotatable bonds is 6. The zero-order valence-electron chi connectivity index (χ0n) is 10.8. The minimum atomic E-state index is 0.144. The molecule has 0 aliphatic rings. The maximum absolute atomic E-state index is 8.79. The fraction of sp³-hybridized carbons (Fsp3) is 0.417. The van der Waals surface area contributed by atoms with E-state index < -0.39 is 0 Å². The fourth-order valence-corrected chi connectivity index (χ4v) is 2.12. The Labute approximate surface area is 117 Å². The van der Waals surface area contributed by atoms with E-state index in [9.17, 15) is 0 Å². The Morgan fingerprint density at radius 1 is 1.74 bits per heavy atom. The van der Waals surface area contributed by atoms with Crippen LogP contribution < -0.4 is 5.73 Å². The average Bonchev–Trinajstić information content (AvgIpc) is 2.81. The van der Waals surface area contributed by atoms with Gasteiger partial charge in [-0.05, 0) is 6.92 Å². The summed E-state index contributed by atoms with van der Waals surface area (Å²) in [6, 6.07) is 0. The maximum Gasteiger partial charge on any atom is 0.205 e. The van der Waals surface area contributed by atoms with Crippen LogP contribution in [0.3, 0.4) is 0 Å². The quantitative estimate of drug-likeness (QED) is 0.199. The lowest BCUT2D eigenvalue weighted by Gasteiger charge is -2.10. The predicted octanol–water partition coefficient (Wildman–Crippen LogP) is 0.682. The molecule has 0 aromatic carbocycles. The first-order valence-corrected chi connectivity index (χ1v) is 6.81. The molecular formula is C12H16N6S. The lowest BCUT2D eigenvalue weighted by Crippen LogP contribution is -2.34. The van der Waals surface area contributed by atoms with E-state index in [0.717, 1.165) is 22.9 Å². The number of terminal acetylenes is 1. The molecule has 3 N–H and O–H groups in total. The number of nitriles is 1. The van der Waals surface area contributed by atoms with Crippen molar-refractivity contribution in [3.05, 3.63) is 17.7 Å². The van der Waals surface area contributed by atoms with Crippen LogP contribution in [0.15, 0.2) is 11.3 Å². The number of nitrogens with zero attached hydrogens (tertiary/aromatic N) is 4. The maximum atomic E-state index is 8.79. The van der Waals surface area contributed by atoms with Crippen LogP contribution in [0.5, 0.6) is 0 Å². The summed E-state index contributed by atoms with van der Waals surface area (Å²) in [4.78, 5) is 12.5. The molecule has 1 heterocycles. The molecule has 0 saturated carbocycles. The molecule has 1 aromatic rings. The topological polar surface area (TPSA) is 94.1 Å². The van der Waals surface area contributed by atoms with Crippen molar-refractivity contribution < 1.29 is 0 Å². The van der Waals surface area contributed by atoms with Crippen LogP contribution in [0.1, 0.15) is 11.4 Å². The first-order chi connectivity index (χ1) is 9.19. The smallest absolute Gasteiger partial charge is 0.205 e. The van der Waals surface area contributed by atoms with Gasteiger partial charge in [-0.1, -0.05) is 5.92 Å². The van der Waals surface area contributed by atoms with Crippen molar-refractivity contribution >= 4 is 17.7 Å². The summed E-state index contributed by atoms with van der Waals surface area (Å²) >= 11 is 1.71. The van der Waals surface area contributed by atoms with Crippen LogP contribution in [0.2, 0.25) is 0 Å². The van der Waals surface area contributed by atoms with Crippen LogP contribution >= 0.6 is 11.8 Å². The van der Waals surface area contributed by atoms with Crippen LogP contribution in [0.4, 0.5) is 0 Å². The summed E-state index contributed by atoms with van der Waals surface area (Å²) < 4.78 is 0. The highest BCUT2D eigenvalue weighted by Crippen LogP contribution is 2.11. The second-order valence-corrected chi connectivity index (χ2v) is 4.76. The van der Waals surface area contributed by atoms with E-state index >= 15 is 0 Å². The summed E-state index contributed by atoms with van der Waals surface area (Å²) in [7, 11) is 0. The first kappa shape index (κ1) is 14.9. The molecule has 0 bridgehead atoms. The number of hydrogen-bond acceptors (Lipinski definition) is 4. The zero-order chi connectivity index (χ0) is 14.1. The summed E-state index contributed by atoms with van der Waals surface area (Å²) in [6.45, 7) is 2.68. The zero-order valence-corrected chi connectivity index (χ0v) is 11.6. The van der Waals surface area contributed by atoms with Gasteiger partial charge in [-0.2, -0.15) is 17.0 Å². The van der Waals surface area contributed by atoms with Gasteiger partial charge in [-0.25, -0.2) is 9.88 Å². The standard InChI is InChI=1S/C12H16N6S/c1-3-5-18(8-13)12(14)15-4-6-19-7-11-10(2)16-9-17-11/h1,9H,4-7H2,2H3,(H2,14,15)(H,16,17). The molecule has 0 atom stereocenters. The second kappa shape index (κ2) is 8.06. The van der Waals surface area contributed by atoms with E-state index in [1.807, 2.05) is 13.1 Å². The molecule has 0 unspecified atom stereocenters. The van der Waals surface area contributed by atoms with Gasteiger partial charge in [0.2, 0.25) is 5.96 Å². The van der Waals surface area contributed by atoms with Gasteiger partial charge in [-0.15, -0.1) is 6.42 Å². The Kier molecular flexibility index (Phi) is 6.34. The van der Waals surface area contributed by atoms with Crippen LogP contribution in [0.25, 0.3) is 0 Å². The Morgan fingerprint density at radius 3 is 3.11 bits per heavy atom. The van der Waals surface area contributed by atoms with Gasteiger partial charge in [0.25, 0.3) is 0 Å². The van der Waals surface area contributed by atoms with Crippen LogP contribution in [0, 0.1) is 30.7 Å². The van der Waals surface area contributed by atoms with Gasteiger partial charge in [0, 0.05) is 17.2 Å². The van der Waals surface area contributed by atoms with E-state index in [2.05, 4.69) is 20.9 Å². The molecule has 0 fully saturated rings. The van der Waals surface area contributed by atoms with Gasteiger partial charge >= 0.3 is 0 Å². The number of aliphatic imine (C=N–C) groups is 1. The Bertz CT molecular complexity index is 507. The third-order valence-corrected chi connectivity index (χ3v) is 3.28. The summed E-state index contributed by atoms with van der Waals surface area (Å²) in [6.07, 6.45) is 8.69. The van der Waals surface area contributed by atoms with Gasteiger partial charge in [-0.3, -0.25) is 4.99 Å². The summed E-state index contributed by atoms with van der Waals surface area (Å²) in [5, 5.41) is 8.79. The molecular weight excluding hydrogens is 260 g/mol. The number of thioether (sulfide) groups is 1. The van der Waals surface area contributed by atoms with Gasteiger partial charge in [0.15, 0.2) is 6.19 Å². The molecule has 0 aliphatic carbocycles. The van der Waals surface area contributed by atoms with Crippen molar-refractivity contribution in [3.8, 4) is 18.5 Å². The molecule has 0 aliphatic heterocycles. The van der Waals surface area contributed by atoms with Gasteiger partial charge in [0.05, 0.1) is 25.1 Å². The van der Waals surface area contributed by atoms with Crippen molar-refractivity contribution in [2.75, 3.05) is 18.8 Å². The third kappa shape index (κ3) is 4.94. The number of aromatic nitrogens is 2. The largest absolute Gasteiger partial charge is 0.369 e. The fourth-order valence-electron chi connectivity index (χ4n) is 1.27. The highest BCUT2D eigenvalue weighted by atomic mass is 32.2. The summed E-state index contributed by atoms with van der Waals surface area (Å²) in [5.74, 6) is 4.15. The highest BCUT2D eigenvalue weighted by Gasteiger charge is 2.04. The van der Waals surface area contributed by atoms with E-state index in [4.69, 9.17) is 17.4 Å². The molecule has 100 valence electrons. The first-order valence-electron chi connectivity index (χ1n) is 5.66. The highest BCUT2D eigenvalue weighted by molar-refractivity contribution is 7.98. The predicted molar refractivity (Wildman–Crippen MR) is 77.1 cm³/mol. The van der Waals surface area contributed by atoms with Crippen LogP contribution in [-0.4, -0.2) is 39.7 Å². The van der Waals surface area contributed by atoms with Crippen molar-refractivity contribution in [1.29, 1.82) is 5.26 Å². The number of aromatic amines is 1. The lowest BCUT2D eigenvalue weighted by molar-refractivity contribution is 0.641. The second-order valence-electron chi connectivity index (χ2n) is 3.66. The molecule has 1 rings (SSSR count). The third-order valence-electron chi connectivity index (χ3n) is 2.33. The van der Waals surface area contributed by atoms with Gasteiger partial charge in [0.1, 0.15) is 0 Å². The van der Waals surface area contributed by atoms with Crippen molar-refractivity contribution in [2.24, 2.45) is 10.7 Å². The molecule has 0 saturated heterocycles. The number of nitrogens with two attached hydrogens (primary N) is 1. The average molecular weight is 276 g/mol. The van der Waals surface area contributed by atoms with E-state index in [-0.39, 0.29) is 12.5 Å². The Balaban J connectivity index is 2.28. The van der Waals surface area contributed by atoms with Crippen LogP contribution in [-0.2, 0) is 5.75 Å². The van der Waals surface area contributed by atoms with E-state index in [1.54, 1.807) is 18.1 Å². The SMILES string of the molecule is C#CCN(C#N)C(N)=NCCSCc1nc[nH]c1C. The molecule has 0 spiro atoms. The van der Waals surface area contributed by atoms with E-state index in [0.29, 0.717) is 6.54 Å². The normalized spacial score (nSPS) is 10.8. The summed E-state index contributed by atoms with van der Waals surface area (Å²) in [5.41, 5.74) is 7.78. The minimum absolute atomic E-state index is 0.144. The van der Waals surface area contributed by atoms with Crippen molar-refractivity contribution in [1.82, 2.24) is 14.9 Å².